The predicted octanol–water partition coefficient (Wildman–Crippen LogP) is 1.22. The van der Waals surface area contributed by atoms with Crippen LogP contribution in [0.2, 0.25) is 0 Å². The fourth-order valence-corrected chi connectivity index (χ4v) is 1.59. The highest BCUT2D eigenvalue weighted by atomic mass is 16.1. The SMILES string of the molecule is CC(C)(C)c1cc(-n2ccccc2=O)nc(=O)[nH]1. The third-order valence-electron chi connectivity index (χ3n) is 2.61. The van der Waals surface area contributed by atoms with Crippen molar-refractivity contribution in [2.24, 2.45) is 0 Å². The first-order valence-electron chi connectivity index (χ1n) is 5.68. The average Bonchev–Trinajstić information content (AvgIpc) is 2.27. The largest absolute Gasteiger partial charge is 0.347 e. The third kappa shape index (κ3) is 2.40. The van der Waals surface area contributed by atoms with Gasteiger partial charge in [0, 0.05) is 29.4 Å². The molecule has 1 N–H and O–H groups in total. The van der Waals surface area contributed by atoms with Gasteiger partial charge >= 0.3 is 5.69 Å². The van der Waals surface area contributed by atoms with E-state index in [1.54, 1.807) is 24.4 Å². The lowest BCUT2D eigenvalue weighted by molar-refractivity contribution is 0.562. The van der Waals surface area contributed by atoms with Gasteiger partial charge in [0.15, 0.2) is 0 Å². The zero-order chi connectivity index (χ0) is 13.3. The number of rotatable bonds is 1. The maximum Gasteiger partial charge on any atom is 0.347 e. The highest BCUT2D eigenvalue weighted by molar-refractivity contribution is 5.27. The third-order valence-corrected chi connectivity index (χ3v) is 2.61. The van der Waals surface area contributed by atoms with Gasteiger partial charge in [-0.15, -0.1) is 0 Å². The molecular formula is C13H15N3O2. The lowest BCUT2D eigenvalue weighted by Gasteiger charge is -2.18. The van der Waals surface area contributed by atoms with E-state index < -0.39 is 5.69 Å². The standard InChI is InChI=1S/C13H15N3O2/c1-13(2,3)9-8-10(15-12(18)14-9)16-7-5-4-6-11(16)17/h4-8H,1-3H3,(H,14,15,18). The summed E-state index contributed by atoms with van der Waals surface area (Å²) in [5, 5.41) is 0. The molecule has 18 heavy (non-hydrogen) atoms. The fourth-order valence-electron chi connectivity index (χ4n) is 1.59. The van der Waals surface area contributed by atoms with Crippen LogP contribution >= 0.6 is 0 Å². The summed E-state index contributed by atoms with van der Waals surface area (Å²) in [7, 11) is 0. The Morgan fingerprint density at radius 2 is 1.94 bits per heavy atom. The normalized spacial score (nSPS) is 11.5. The van der Waals surface area contributed by atoms with Crippen LogP contribution in [0.3, 0.4) is 0 Å². The second-order valence-electron chi connectivity index (χ2n) is 5.12. The van der Waals surface area contributed by atoms with Crippen molar-refractivity contribution in [2.75, 3.05) is 0 Å². The summed E-state index contributed by atoms with van der Waals surface area (Å²) in [5.74, 6) is 0.342. The van der Waals surface area contributed by atoms with Crippen LogP contribution in [0, 0.1) is 0 Å². The Hall–Kier alpha value is -2.17. The van der Waals surface area contributed by atoms with Crippen molar-refractivity contribution in [3.05, 3.63) is 57.0 Å². The maximum absolute atomic E-state index is 11.7. The Morgan fingerprint density at radius 1 is 1.22 bits per heavy atom. The minimum absolute atomic E-state index is 0.213. The number of aromatic amines is 1. The van der Waals surface area contributed by atoms with Gasteiger partial charge in [-0.25, -0.2) is 4.79 Å². The number of H-pyrrole nitrogens is 1. The summed E-state index contributed by atoms with van der Waals surface area (Å²) in [4.78, 5) is 29.8. The summed E-state index contributed by atoms with van der Waals surface area (Å²) < 4.78 is 1.35. The lowest BCUT2D eigenvalue weighted by Crippen LogP contribution is -2.26. The Balaban J connectivity index is 2.67. The molecule has 0 aliphatic rings. The number of hydrogen-bond donors (Lipinski definition) is 1. The van der Waals surface area contributed by atoms with Gasteiger partial charge in [-0.2, -0.15) is 4.98 Å². The molecule has 2 rings (SSSR count). The van der Waals surface area contributed by atoms with E-state index in [1.165, 1.54) is 10.6 Å². The number of hydrogen-bond acceptors (Lipinski definition) is 3. The van der Waals surface area contributed by atoms with Crippen LogP contribution in [-0.4, -0.2) is 14.5 Å². The second kappa shape index (κ2) is 4.25. The van der Waals surface area contributed by atoms with E-state index in [-0.39, 0.29) is 11.0 Å². The molecule has 0 spiro atoms. The average molecular weight is 245 g/mol. The van der Waals surface area contributed by atoms with E-state index in [9.17, 15) is 9.59 Å². The van der Waals surface area contributed by atoms with Crippen LogP contribution in [0.5, 0.6) is 0 Å². The molecule has 0 saturated heterocycles. The Labute approximate surface area is 104 Å². The van der Waals surface area contributed by atoms with Crippen molar-refractivity contribution < 1.29 is 0 Å². The maximum atomic E-state index is 11.7. The molecule has 2 aromatic heterocycles. The zero-order valence-electron chi connectivity index (χ0n) is 10.6. The molecule has 0 atom stereocenters. The summed E-state index contributed by atoms with van der Waals surface area (Å²) in [6.45, 7) is 5.95. The highest BCUT2D eigenvalue weighted by Gasteiger charge is 2.16. The Morgan fingerprint density at radius 3 is 2.56 bits per heavy atom. The first-order valence-corrected chi connectivity index (χ1v) is 5.68. The molecule has 94 valence electrons. The topological polar surface area (TPSA) is 67.8 Å². The molecule has 5 heteroatoms. The van der Waals surface area contributed by atoms with Crippen molar-refractivity contribution in [1.82, 2.24) is 14.5 Å². The molecule has 0 aromatic carbocycles. The summed E-state index contributed by atoms with van der Waals surface area (Å²) >= 11 is 0. The summed E-state index contributed by atoms with van der Waals surface area (Å²) in [6.07, 6.45) is 1.59. The van der Waals surface area contributed by atoms with Crippen LogP contribution in [0.15, 0.2) is 40.1 Å². The van der Waals surface area contributed by atoms with Crippen LogP contribution < -0.4 is 11.2 Å². The molecule has 2 aromatic rings. The van der Waals surface area contributed by atoms with E-state index in [0.29, 0.717) is 5.82 Å². The van der Waals surface area contributed by atoms with Crippen molar-refractivity contribution in [3.63, 3.8) is 0 Å². The zero-order valence-corrected chi connectivity index (χ0v) is 10.6. The van der Waals surface area contributed by atoms with Crippen LogP contribution in [0.25, 0.3) is 5.82 Å². The molecule has 2 heterocycles. The fraction of sp³-hybridized carbons (Fsp3) is 0.308. The molecule has 0 fully saturated rings. The number of nitrogens with zero attached hydrogens (tertiary/aromatic N) is 2. The van der Waals surface area contributed by atoms with Crippen molar-refractivity contribution in [2.45, 2.75) is 26.2 Å². The van der Waals surface area contributed by atoms with Crippen LogP contribution in [-0.2, 0) is 5.41 Å². The molecule has 0 radical (unpaired) electrons. The first-order chi connectivity index (χ1) is 8.38. The lowest BCUT2D eigenvalue weighted by atomic mass is 9.92. The highest BCUT2D eigenvalue weighted by Crippen LogP contribution is 2.19. The van der Waals surface area contributed by atoms with Gasteiger partial charge in [-0.3, -0.25) is 9.36 Å². The Bertz CT molecular complexity index is 677. The number of nitrogens with one attached hydrogen (secondary N) is 1. The van der Waals surface area contributed by atoms with Gasteiger partial charge in [0.2, 0.25) is 0 Å². The van der Waals surface area contributed by atoms with Crippen molar-refractivity contribution in [3.8, 4) is 5.82 Å². The molecule has 0 unspecified atom stereocenters. The van der Waals surface area contributed by atoms with Gasteiger partial charge in [-0.1, -0.05) is 26.8 Å². The molecular weight excluding hydrogens is 230 g/mol. The van der Waals surface area contributed by atoms with Crippen molar-refractivity contribution in [1.29, 1.82) is 0 Å². The number of pyridine rings is 1. The van der Waals surface area contributed by atoms with Crippen molar-refractivity contribution >= 4 is 0 Å². The molecule has 0 amide bonds. The minimum atomic E-state index is -0.451. The summed E-state index contributed by atoms with van der Waals surface area (Å²) in [5.41, 5.74) is -0.133. The second-order valence-corrected chi connectivity index (χ2v) is 5.12. The van der Waals surface area contributed by atoms with E-state index in [1.807, 2.05) is 20.8 Å². The van der Waals surface area contributed by atoms with Crippen LogP contribution in [0.4, 0.5) is 0 Å². The molecule has 0 aliphatic heterocycles. The summed E-state index contributed by atoms with van der Waals surface area (Å²) in [6, 6.07) is 6.53. The van der Waals surface area contributed by atoms with E-state index in [0.717, 1.165) is 5.69 Å². The molecule has 0 bridgehead atoms. The van der Waals surface area contributed by atoms with Crippen LogP contribution in [0.1, 0.15) is 26.5 Å². The monoisotopic (exact) mass is 245 g/mol. The molecule has 0 aliphatic carbocycles. The smallest absolute Gasteiger partial charge is 0.309 e. The minimum Gasteiger partial charge on any atom is -0.309 e. The van der Waals surface area contributed by atoms with Gasteiger partial charge in [0.1, 0.15) is 5.82 Å². The van der Waals surface area contributed by atoms with Gasteiger partial charge in [0.25, 0.3) is 5.56 Å². The molecule has 5 nitrogen and oxygen atoms in total. The van der Waals surface area contributed by atoms with E-state index in [2.05, 4.69) is 9.97 Å². The first kappa shape index (κ1) is 12.3. The quantitative estimate of drug-likeness (QED) is 0.821. The van der Waals surface area contributed by atoms with Gasteiger partial charge < -0.3 is 4.98 Å². The molecule has 0 saturated carbocycles. The Kier molecular flexibility index (Phi) is 2.90. The van der Waals surface area contributed by atoms with E-state index in [4.69, 9.17) is 0 Å². The predicted molar refractivity (Wildman–Crippen MR) is 69.2 cm³/mol. The van der Waals surface area contributed by atoms with Gasteiger partial charge in [-0.05, 0) is 6.07 Å². The van der Waals surface area contributed by atoms with Gasteiger partial charge in [0.05, 0.1) is 0 Å². The number of aromatic nitrogens is 3. The van der Waals surface area contributed by atoms with E-state index >= 15 is 0 Å².